The number of anilines is 5. The van der Waals surface area contributed by atoms with Crippen molar-refractivity contribution in [2.45, 2.75) is 62.7 Å². The van der Waals surface area contributed by atoms with Crippen LogP contribution in [0.2, 0.25) is 18.6 Å². The third-order valence-corrected chi connectivity index (χ3v) is 21.2. The Morgan fingerprint density at radius 3 is 1.88 bits per heavy atom. The molecule has 1 fully saturated rings. The molecule has 15 heteroatoms. The normalized spacial score (nSPS) is 19.4. The van der Waals surface area contributed by atoms with E-state index in [0.717, 1.165) is 16.9 Å². The molecule has 14 nitrogen and oxygen atoms in total. The highest BCUT2D eigenvalue weighted by molar-refractivity contribution is 6.91. The number of ether oxygens (including phenoxy) is 4. The van der Waals surface area contributed by atoms with E-state index in [0.29, 0.717) is 86.8 Å². The van der Waals surface area contributed by atoms with Gasteiger partial charge in [-0.2, -0.15) is 0 Å². The lowest BCUT2D eigenvalue weighted by Crippen LogP contribution is -2.51. The summed E-state index contributed by atoms with van der Waals surface area (Å²) in [7, 11) is -0.990. The van der Waals surface area contributed by atoms with Crippen LogP contribution < -0.4 is 34.1 Å². The molecule has 0 radical (unpaired) electrons. The molecule has 1 N–H and O–H groups in total. The predicted molar refractivity (Wildman–Crippen MR) is 313 cm³/mol. The molecule has 8 aromatic carbocycles. The van der Waals surface area contributed by atoms with Crippen LogP contribution in [0.1, 0.15) is 62.4 Å². The number of aryl methyl sites for hydroxylation is 1. The summed E-state index contributed by atoms with van der Waals surface area (Å²) >= 11 is 0. The van der Waals surface area contributed by atoms with E-state index in [-0.39, 0.29) is 42.3 Å². The first-order chi connectivity index (χ1) is 39.5. The van der Waals surface area contributed by atoms with Gasteiger partial charge in [-0.3, -0.25) is 28.9 Å². The van der Waals surface area contributed by atoms with Gasteiger partial charge in [-0.1, -0.05) is 134 Å². The maximum Gasteiger partial charge on any atom is 0.266 e. The summed E-state index contributed by atoms with van der Waals surface area (Å²) in [5.41, 5.74) is 5.06. The minimum absolute atomic E-state index is 0.129. The lowest BCUT2D eigenvalue weighted by atomic mass is 9.82. The lowest BCUT2D eigenvalue weighted by molar-refractivity contribution is -0.146. The number of carbonyl (C=O) groups excluding carboxylic acids is 3. The summed E-state index contributed by atoms with van der Waals surface area (Å²) in [6.07, 6.45) is 1.90. The maximum absolute atomic E-state index is 16.5. The molecule has 0 aliphatic carbocycles. The van der Waals surface area contributed by atoms with E-state index in [1.54, 1.807) is 45.9 Å². The van der Waals surface area contributed by atoms with E-state index in [9.17, 15) is 9.90 Å². The number of aliphatic hydroxyl groups is 1. The number of amides is 3. The van der Waals surface area contributed by atoms with Crippen molar-refractivity contribution in [2.75, 3.05) is 28.4 Å². The molecular formula is C66H58N6O8Si. The predicted octanol–water partition coefficient (Wildman–Crippen LogP) is 12.4. The number of carbonyl (C=O) groups is 3. The van der Waals surface area contributed by atoms with Gasteiger partial charge in [-0.05, 0) is 114 Å². The first-order valence-electron chi connectivity index (χ1n) is 27.3. The number of para-hydroxylation sites is 6. The van der Waals surface area contributed by atoms with Crippen LogP contribution in [0.25, 0.3) is 0 Å². The average Bonchev–Trinajstić information content (AvgIpc) is 2.38. The van der Waals surface area contributed by atoms with Crippen molar-refractivity contribution in [1.82, 2.24) is 15.0 Å². The molecule has 0 bridgehead atoms. The Bertz CT molecular complexity index is 3910. The number of aliphatic hydroxyl groups excluding tert-OH is 1. The molecule has 4 aliphatic heterocycles. The van der Waals surface area contributed by atoms with Crippen LogP contribution in [0.5, 0.6) is 28.7 Å². The zero-order chi connectivity index (χ0) is 55.6. The standard InChI is InChI=1S/C66H58N6O8Si/c1-42-62(81(3,4)48-32-30-47(77-2)31-33-48)61(35-36-69-40-53(67-68-69)51(41-73)44-18-6-5-7-19-44)80-66(42)52-38-46(72-56-24-11-15-28-60(56)79-58-26-13-9-22-50(58)64(72)75)29-34-54(52)70(65(66)76)39-43-17-16-20-45(37-43)71-55-23-10-14-27-59(55)78-57-25-12-8-21-49(57)63(71)74/h5-34,37-38,40,42,51,61-62,73H,35-36,39,41H2,1-4H3/t42-,51?,61+,62-,66+/m1/s1. The Morgan fingerprint density at radius 2 is 1.25 bits per heavy atom. The average molecular weight is 1090 g/mol. The van der Waals surface area contributed by atoms with Crippen molar-refractivity contribution in [2.24, 2.45) is 5.92 Å². The Hall–Kier alpha value is -9.15. The van der Waals surface area contributed by atoms with Gasteiger partial charge in [0.1, 0.15) is 17.2 Å². The van der Waals surface area contributed by atoms with Gasteiger partial charge in [0.25, 0.3) is 17.7 Å². The molecule has 1 aromatic heterocycles. The molecule has 1 spiro atoms. The van der Waals surface area contributed by atoms with Crippen LogP contribution in [0.3, 0.4) is 0 Å². The second-order valence-electron chi connectivity index (χ2n) is 21.7. The van der Waals surface area contributed by atoms with Gasteiger partial charge in [0, 0.05) is 35.6 Å². The van der Waals surface area contributed by atoms with Crippen molar-refractivity contribution in [3.8, 4) is 28.7 Å². The molecule has 13 rings (SSSR count). The topological polar surface area (TPSA) is 149 Å². The van der Waals surface area contributed by atoms with Crippen LogP contribution in [0.4, 0.5) is 28.4 Å². The van der Waals surface area contributed by atoms with Crippen molar-refractivity contribution in [3.63, 3.8) is 0 Å². The highest BCUT2D eigenvalue weighted by Gasteiger charge is 2.66. The quantitative estimate of drug-likeness (QED) is 0.111. The molecule has 9 aromatic rings. The second kappa shape index (κ2) is 20.5. The minimum Gasteiger partial charge on any atom is -0.497 e. The van der Waals surface area contributed by atoms with Gasteiger partial charge < -0.3 is 29.0 Å². The number of methoxy groups -OCH3 is 1. The number of nitrogens with zero attached hydrogens (tertiary/aromatic N) is 6. The SMILES string of the molecule is COc1ccc([Si](C)(C)[C@H]2[C@H](CCn3cc(C(CO)c4ccccc4)nn3)O[C@@]3(C(=O)N(Cc4cccc(N5C(=O)c6ccccc6Oc6ccccc65)c4)c4ccc(N5C(=O)c6ccccc6Oc6ccccc65)cc43)[C@@H]2C)cc1. The zero-order valence-electron chi connectivity index (χ0n) is 45.2. The first-order valence-corrected chi connectivity index (χ1v) is 30.4. The summed E-state index contributed by atoms with van der Waals surface area (Å²) in [4.78, 5) is 51.4. The largest absolute Gasteiger partial charge is 0.497 e. The van der Waals surface area contributed by atoms with Crippen LogP contribution in [-0.2, 0) is 28.2 Å². The number of aromatic nitrogens is 3. The van der Waals surface area contributed by atoms with Crippen molar-refractivity contribution in [3.05, 3.63) is 234 Å². The molecular weight excluding hydrogens is 1030 g/mol. The van der Waals surface area contributed by atoms with Gasteiger partial charge >= 0.3 is 0 Å². The fourth-order valence-electron chi connectivity index (χ4n) is 12.9. The number of hydrogen-bond donors (Lipinski definition) is 1. The van der Waals surface area contributed by atoms with E-state index in [1.165, 1.54) is 5.19 Å². The smallest absolute Gasteiger partial charge is 0.266 e. The van der Waals surface area contributed by atoms with Gasteiger partial charge in [0.05, 0.1) is 74.2 Å². The van der Waals surface area contributed by atoms with Crippen LogP contribution in [0, 0.1) is 5.92 Å². The fourth-order valence-corrected chi connectivity index (χ4v) is 16.9. The van der Waals surface area contributed by atoms with Gasteiger partial charge in [-0.25, -0.2) is 0 Å². The molecule has 1 unspecified atom stereocenters. The molecule has 0 saturated carbocycles. The van der Waals surface area contributed by atoms with E-state index < -0.39 is 25.7 Å². The molecule has 1 saturated heterocycles. The second-order valence-corrected chi connectivity index (χ2v) is 26.4. The number of benzene rings is 8. The third-order valence-electron chi connectivity index (χ3n) is 16.8. The number of rotatable bonds is 13. The Kier molecular flexibility index (Phi) is 13.0. The summed E-state index contributed by atoms with van der Waals surface area (Å²) in [5.74, 6) is 1.16. The van der Waals surface area contributed by atoms with E-state index in [1.807, 2.05) is 169 Å². The van der Waals surface area contributed by atoms with Crippen LogP contribution >= 0.6 is 0 Å². The summed E-state index contributed by atoms with van der Waals surface area (Å²) in [6.45, 7) is 7.26. The van der Waals surface area contributed by atoms with Crippen molar-refractivity contribution >= 4 is 59.4 Å². The Balaban J connectivity index is 0.935. The van der Waals surface area contributed by atoms with Crippen molar-refractivity contribution < 1.29 is 38.4 Å². The number of fused-ring (bicyclic) bond motifs is 6. The third kappa shape index (κ3) is 8.67. The fraction of sp³-hybridized carbons (Fsp3) is 0.197. The monoisotopic (exact) mass is 1090 g/mol. The highest BCUT2D eigenvalue weighted by atomic mass is 28.3. The van der Waals surface area contributed by atoms with E-state index in [2.05, 4.69) is 42.5 Å². The summed E-state index contributed by atoms with van der Waals surface area (Å²) in [6, 6.07) is 61.0. The maximum atomic E-state index is 16.5. The minimum atomic E-state index is -2.65. The van der Waals surface area contributed by atoms with E-state index in [4.69, 9.17) is 18.9 Å². The Labute approximate surface area is 470 Å². The van der Waals surface area contributed by atoms with E-state index >= 15 is 9.59 Å². The highest BCUT2D eigenvalue weighted by Crippen LogP contribution is 2.61. The molecule has 404 valence electrons. The molecule has 3 amide bonds. The Morgan fingerprint density at radius 1 is 0.654 bits per heavy atom. The molecule has 4 aliphatic rings. The van der Waals surface area contributed by atoms with Gasteiger partial charge in [0.2, 0.25) is 0 Å². The van der Waals surface area contributed by atoms with Gasteiger partial charge in [-0.15, -0.1) is 5.10 Å². The molecule has 5 heterocycles. The summed E-state index contributed by atoms with van der Waals surface area (Å²) < 4.78 is 28.0. The van der Waals surface area contributed by atoms with Crippen LogP contribution in [0.15, 0.2) is 200 Å². The van der Waals surface area contributed by atoms with Crippen molar-refractivity contribution in [1.29, 1.82) is 0 Å². The lowest BCUT2D eigenvalue weighted by Gasteiger charge is -2.37. The summed E-state index contributed by atoms with van der Waals surface area (Å²) in [5, 5.41) is 20.9. The molecule has 5 atom stereocenters. The number of hydrogen-bond acceptors (Lipinski definition) is 10. The van der Waals surface area contributed by atoms with Crippen LogP contribution in [-0.4, -0.2) is 65.7 Å². The molecule has 81 heavy (non-hydrogen) atoms. The van der Waals surface area contributed by atoms with Gasteiger partial charge in [0.15, 0.2) is 17.1 Å². The first kappa shape index (κ1) is 51.3. The zero-order valence-corrected chi connectivity index (χ0v) is 46.2.